The Morgan fingerprint density at radius 3 is 2.08 bits per heavy atom. The highest BCUT2D eigenvalue weighted by Crippen LogP contribution is 2.15. The van der Waals surface area contributed by atoms with Crippen LogP contribution in [0.25, 0.3) is 0 Å². The zero-order valence-corrected chi connectivity index (χ0v) is 15.5. The molecule has 0 aromatic heterocycles. The molecule has 0 aliphatic carbocycles. The maximum Gasteiger partial charge on any atom is 0.237 e. The van der Waals surface area contributed by atoms with Crippen LogP contribution < -0.4 is 5.32 Å². The van der Waals surface area contributed by atoms with Crippen LogP contribution in [0.2, 0.25) is 0 Å². The van der Waals surface area contributed by atoms with Gasteiger partial charge in [0.2, 0.25) is 11.8 Å². The summed E-state index contributed by atoms with van der Waals surface area (Å²) in [7, 11) is 0. The molecule has 2 unspecified atom stereocenters. The number of nitrogens with zero attached hydrogens (tertiary/aromatic N) is 2. The Kier molecular flexibility index (Phi) is 6.53. The topological polar surface area (TPSA) is 52.7 Å². The van der Waals surface area contributed by atoms with Crippen LogP contribution in [0.4, 0.5) is 4.39 Å². The summed E-state index contributed by atoms with van der Waals surface area (Å²) in [6.07, 6.45) is 0. The molecule has 1 fully saturated rings. The predicted octanol–water partition coefficient (Wildman–Crippen LogP) is 2.19. The first-order chi connectivity index (χ1) is 11.8. The van der Waals surface area contributed by atoms with Crippen LogP contribution in [-0.4, -0.2) is 53.8 Å². The number of piperazine rings is 1. The highest BCUT2D eigenvalue weighted by atomic mass is 19.1. The van der Waals surface area contributed by atoms with Crippen molar-refractivity contribution in [2.45, 2.75) is 39.8 Å². The average molecular weight is 349 g/mol. The first kappa shape index (κ1) is 19.4. The Bertz CT molecular complexity index is 595. The average Bonchev–Trinajstić information content (AvgIpc) is 2.60. The van der Waals surface area contributed by atoms with Crippen molar-refractivity contribution in [3.8, 4) is 0 Å². The summed E-state index contributed by atoms with van der Waals surface area (Å²) in [5, 5.41) is 2.98. The van der Waals surface area contributed by atoms with Crippen LogP contribution in [0.5, 0.6) is 0 Å². The number of amides is 2. The van der Waals surface area contributed by atoms with Crippen molar-refractivity contribution in [2.75, 3.05) is 26.2 Å². The van der Waals surface area contributed by atoms with Gasteiger partial charge in [-0.1, -0.05) is 26.0 Å². The van der Waals surface area contributed by atoms with Gasteiger partial charge in [0.05, 0.1) is 12.1 Å². The third-order valence-corrected chi connectivity index (χ3v) is 4.78. The van der Waals surface area contributed by atoms with Crippen molar-refractivity contribution in [3.63, 3.8) is 0 Å². The molecule has 0 radical (unpaired) electrons. The van der Waals surface area contributed by atoms with E-state index < -0.39 is 0 Å². The van der Waals surface area contributed by atoms with Crippen LogP contribution in [-0.2, 0) is 9.59 Å². The number of hydrogen-bond donors (Lipinski definition) is 1. The molecular weight excluding hydrogens is 321 g/mol. The molecule has 1 aliphatic rings. The second kappa shape index (κ2) is 8.43. The fraction of sp³-hybridized carbons (Fsp3) is 0.579. The van der Waals surface area contributed by atoms with Gasteiger partial charge in [0, 0.05) is 32.1 Å². The Labute approximate surface area is 149 Å². The lowest BCUT2D eigenvalue weighted by atomic mass is 10.1. The van der Waals surface area contributed by atoms with Gasteiger partial charge in [0.15, 0.2) is 0 Å². The van der Waals surface area contributed by atoms with Gasteiger partial charge in [0.25, 0.3) is 0 Å². The molecule has 138 valence electrons. The van der Waals surface area contributed by atoms with Crippen LogP contribution in [0, 0.1) is 11.7 Å². The Hall–Kier alpha value is -1.95. The summed E-state index contributed by atoms with van der Waals surface area (Å²) in [5.41, 5.74) is 0.870. The molecule has 1 aromatic carbocycles. The lowest BCUT2D eigenvalue weighted by Gasteiger charge is -2.38. The molecule has 2 rings (SSSR count). The first-order valence-corrected chi connectivity index (χ1v) is 8.88. The maximum atomic E-state index is 13.0. The second-order valence-corrected chi connectivity index (χ2v) is 6.97. The SMILES string of the molecule is CC(C)C(=O)N1CCN(C(C)C(=O)NC(C)c2ccc(F)cc2)CC1. The molecule has 1 aliphatic heterocycles. The Morgan fingerprint density at radius 1 is 1.00 bits per heavy atom. The fourth-order valence-corrected chi connectivity index (χ4v) is 3.03. The molecule has 0 bridgehead atoms. The standard InChI is InChI=1S/C19H28FN3O2/c1-13(2)19(25)23-11-9-22(10-12-23)15(4)18(24)21-14(3)16-5-7-17(20)8-6-16/h5-8,13-15H,9-12H2,1-4H3,(H,21,24). The van der Waals surface area contributed by atoms with Crippen LogP contribution in [0.15, 0.2) is 24.3 Å². The van der Waals surface area contributed by atoms with Gasteiger partial charge in [-0.25, -0.2) is 4.39 Å². The van der Waals surface area contributed by atoms with Gasteiger partial charge in [-0.3, -0.25) is 14.5 Å². The molecule has 1 heterocycles. The van der Waals surface area contributed by atoms with Crippen LogP contribution in [0.3, 0.4) is 0 Å². The van der Waals surface area contributed by atoms with Gasteiger partial charge in [-0.2, -0.15) is 0 Å². The van der Waals surface area contributed by atoms with Crippen molar-refractivity contribution in [2.24, 2.45) is 5.92 Å². The fourth-order valence-electron chi connectivity index (χ4n) is 3.03. The number of hydrogen-bond acceptors (Lipinski definition) is 3. The molecule has 0 saturated carbocycles. The molecular formula is C19H28FN3O2. The van der Waals surface area contributed by atoms with Crippen LogP contribution >= 0.6 is 0 Å². The largest absolute Gasteiger partial charge is 0.348 e. The summed E-state index contributed by atoms with van der Waals surface area (Å²) < 4.78 is 13.0. The summed E-state index contributed by atoms with van der Waals surface area (Å²) in [6, 6.07) is 5.71. The molecule has 25 heavy (non-hydrogen) atoms. The van der Waals surface area contributed by atoms with Gasteiger partial charge in [-0.15, -0.1) is 0 Å². The molecule has 0 spiro atoms. The van der Waals surface area contributed by atoms with Gasteiger partial charge in [0.1, 0.15) is 5.82 Å². The normalized spacial score (nSPS) is 18.1. The highest BCUT2D eigenvalue weighted by molar-refractivity contribution is 5.82. The van der Waals surface area contributed by atoms with E-state index >= 15 is 0 Å². The number of carbonyl (C=O) groups is 2. The van der Waals surface area contributed by atoms with Crippen molar-refractivity contribution in [1.82, 2.24) is 15.1 Å². The smallest absolute Gasteiger partial charge is 0.237 e. The molecule has 5 nitrogen and oxygen atoms in total. The number of carbonyl (C=O) groups excluding carboxylic acids is 2. The highest BCUT2D eigenvalue weighted by Gasteiger charge is 2.28. The van der Waals surface area contributed by atoms with E-state index in [9.17, 15) is 14.0 Å². The zero-order chi connectivity index (χ0) is 18.6. The van der Waals surface area contributed by atoms with E-state index in [1.54, 1.807) is 12.1 Å². The quantitative estimate of drug-likeness (QED) is 0.887. The minimum atomic E-state index is -0.288. The van der Waals surface area contributed by atoms with Crippen molar-refractivity contribution in [3.05, 3.63) is 35.6 Å². The second-order valence-electron chi connectivity index (χ2n) is 6.97. The minimum absolute atomic E-state index is 0.00355. The van der Waals surface area contributed by atoms with Crippen LogP contribution in [0.1, 0.15) is 39.3 Å². The first-order valence-electron chi connectivity index (χ1n) is 8.88. The van der Waals surface area contributed by atoms with Crippen molar-refractivity contribution >= 4 is 11.8 Å². The van der Waals surface area contributed by atoms with E-state index in [0.29, 0.717) is 26.2 Å². The lowest BCUT2D eigenvalue weighted by Crippen LogP contribution is -2.55. The molecule has 2 atom stereocenters. The molecule has 1 aromatic rings. The Balaban J connectivity index is 1.86. The van der Waals surface area contributed by atoms with Crippen molar-refractivity contribution in [1.29, 1.82) is 0 Å². The summed E-state index contributed by atoms with van der Waals surface area (Å²) in [6.45, 7) is 10.3. The van der Waals surface area contributed by atoms with Crippen molar-refractivity contribution < 1.29 is 14.0 Å². The molecule has 2 amide bonds. The maximum absolute atomic E-state index is 13.0. The summed E-state index contributed by atoms with van der Waals surface area (Å²) >= 11 is 0. The van der Waals surface area contributed by atoms with E-state index in [1.807, 2.05) is 32.6 Å². The third-order valence-electron chi connectivity index (χ3n) is 4.78. The number of nitrogens with one attached hydrogen (secondary N) is 1. The predicted molar refractivity (Wildman–Crippen MR) is 95.4 cm³/mol. The molecule has 6 heteroatoms. The minimum Gasteiger partial charge on any atom is -0.348 e. The molecule has 1 N–H and O–H groups in total. The van der Waals surface area contributed by atoms with E-state index in [0.717, 1.165) is 5.56 Å². The third kappa shape index (κ3) is 5.01. The monoisotopic (exact) mass is 349 g/mol. The van der Waals surface area contributed by atoms with E-state index in [2.05, 4.69) is 10.2 Å². The van der Waals surface area contributed by atoms with E-state index in [-0.39, 0.29) is 35.6 Å². The van der Waals surface area contributed by atoms with E-state index in [4.69, 9.17) is 0 Å². The zero-order valence-electron chi connectivity index (χ0n) is 15.5. The lowest BCUT2D eigenvalue weighted by molar-refractivity contribution is -0.137. The summed E-state index contributed by atoms with van der Waals surface area (Å²) in [4.78, 5) is 28.5. The summed E-state index contributed by atoms with van der Waals surface area (Å²) in [5.74, 6) is -0.171. The van der Waals surface area contributed by atoms with Gasteiger partial charge in [-0.05, 0) is 31.5 Å². The van der Waals surface area contributed by atoms with Gasteiger partial charge >= 0.3 is 0 Å². The van der Waals surface area contributed by atoms with E-state index in [1.165, 1.54) is 12.1 Å². The van der Waals surface area contributed by atoms with Gasteiger partial charge < -0.3 is 10.2 Å². The Morgan fingerprint density at radius 2 is 1.56 bits per heavy atom. The number of rotatable bonds is 5. The number of benzene rings is 1. The molecule has 1 saturated heterocycles. The number of halogens is 1.